The van der Waals surface area contributed by atoms with Crippen LogP contribution in [0, 0.1) is 11.3 Å². The quantitative estimate of drug-likeness (QED) is 0.669. The third kappa shape index (κ3) is 4.46. The van der Waals surface area contributed by atoms with Crippen LogP contribution >= 0.6 is 0 Å². The average molecular weight is 204 g/mol. The molecule has 0 saturated carbocycles. The molecule has 0 aliphatic carbocycles. The van der Waals surface area contributed by atoms with Gasteiger partial charge in [0.25, 0.3) is 0 Å². The van der Waals surface area contributed by atoms with Crippen LogP contribution in [-0.2, 0) is 0 Å². The summed E-state index contributed by atoms with van der Waals surface area (Å²) in [5.41, 5.74) is 0.424. The topological polar surface area (TPSA) is 45.9 Å². The van der Waals surface area contributed by atoms with Crippen molar-refractivity contribution in [1.29, 1.82) is 5.26 Å². The van der Waals surface area contributed by atoms with Gasteiger partial charge in [0.1, 0.15) is 17.5 Å². The maximum absolute atomic E-state index is 8.55. The van der Waals surface area contributed by atoms with Crippen LogP contribution in [-0.4, -0.2) is 11.6 Å². The summed E-state index contributed by atoms with van der Waals surface area (Å²) in [4.78, 5) is 3.93. The molecular weight excluding hydrogens is 188 g/mol. The largest absolute Gasteiger partial charge is 0.492 e. The summed E-state index contributed by atoms with van der Waals surface area (Å²) in [7, 11) is 0. The van der Waals surface area contributed by atoms with E-state index in [1.165, 1.54) is 19.3 Å². The van der Waals surface area contributed by atoms with Gasteiger partial charge in [-0.2, -0.15) is 5.26 Å². The third-order valence-corrected chi connectivity index (χ3v) is 2.12. The van der Waals surface area contributed by atoms with Gasteiger partial charge in [0.2, 0.25) is 0 Å². The molecule has 1 aromatic rings. The number of ether oxygens (including phenoxy) is 1. The van der Waals surface area contributed by atoms with Gasteiger partial charge in [-0.25, -0.2) is 4.98 Å². The second-order valence-electron chi connectivity index (χ2n) is 3.40. The number of nitrogens with zero attached hydrogens (tertiary/aromatic N) is 2. The molecule has 3 heteroatoms. The summed E-state index contributed by atoms with van der Waals surface area (Å²) in [5, 5.41) is 8.55. The molecule has 0 aliphatic rings. The molecule has 15 heavy (non-hydrogen) atoms. The number of hydrogen-bond acceptors (Lipinski definition) is 3. The first kappa shape index (κ1) is 11.5. The molecule has 0 aromatic carbocycles. The lowest BCUT2D eigenvalue weighted by Gasteiger charge is -2.04. The summed E-state index contributed by atoms with van der Waals surface area (Å²) < 4.78 is 5.48. The van der Waals surface area contributed by atoms with Crippen molar-refractivity contribution >= 4 is 0 Å². The minimum atomic E-state index is 0.424. The molecule has 0 spiro atoms. The van der Waals surface area contributed by atoms with Crippen LogP contribution in [0.25, 0.3) is 0 Å². The van der Waals surface area contributed by atoms with E-state index in [-0.39, 0.29) is 0 Å². The number of aromatic nitrogens is 1. The Labute approximate surface area is 90.7 Å². The highest BCUT2D eigenvalue weighted by Gasteiger charge is 1.95. The van der Waals surface area contributed by atoms with E-state index in [0.717, 1.165) is 18.8 Å². The highest BCUT2D eigenvalue weighted by atomic mass is 16.5. The van der Waals surface area contributed by atoms with Crippen molar-refractivity contribution in [3.63, 3.8) is 0 Å². The Morgan fingerprint density at radius 3 is 2.80 bits per heavy atom. The Hall–Kier alpha value is -1.56. The summed E-state index contributed by atoms with van der Waals surface area (Å²) in [5.74, 6) is 0.741. The van der Waals surface area contributed by atoms with Crippen molar-refractivity contribution in [2.24, 2.45) is 0 Å². The van der Waals surface area contributed by atoms with Crippen LogP contribution in [0.15, 0.2) is 18.3 Å². The maximum atomic E-state index is 8.55. The molecule has 0 radical (unpaired) electrons. The molecule has 0 saturated heterocycles. The van der Waals surface area contributed by atoms with Crippen molar-refractivity contribution in [2.45, 2.75) is 32.6 Å². The molecule has 3 nitrogen and oxygen atoms in total. The summed E-state index contributed by atoms with van der Waals surface area (Å²) in [6.07, 6.45) is 6.37. The van der Waals surface area contributed by atoms with E-state index >= 15 is 0 Å². The van der Waals surface area contributed by atoms with E-state index in [1.54, 1.807) is 18.3 Å². The van der Waals surface area contributed by atoms with E-state index < -0.39 is 0 Å². The number of hydrogen-bond donors (Lipinski definition) is 0. The molecule has 0 fully saturated rings. The molecule has 1 aromatic heterocycles. The van der Waals surface area contributed by atoms with Gasteiger partial charge in [0, 0.05) is 0 Å². The Balaban J connectivity index is 2.23. The Morgan fingerprint density at radius 1 is 1.33 bits per heavy atom. The van der Waals surface area contributed by atoms with Crippen LogP contribution in [0.5, 0.6) is 5.75 Å². The van der Waals surface area contributed by atoms with E-state index in [0.29, 0.717) is 5.69 Å². The zero-order chi connectivity index (χ0) is 10.9. The molecule has 0 N–H and O–H groups in total. The van der Waals surface area contributed by atoms with Gasteiger partial charge in [-0.15, -0.1) is 0 Å². The standard InChI is InChI=1S/C12H16N2O/c1-2-3-4-5-8-15-12-7-6-11(9-13)14-10-12/h6-7,10H,2-5,8H2,1H3. The monoisotopic (exact) mass is 204 g/mol. The van der Waals surface area contributed by atoms with Gasteiger partial charge >= 0.3 is 0 Å². The molecule has 1 heterocycles. The number of nitriles is 1. The average Bonchev–Trinajstić information content (AvgIpc) is 2.30. The highest BCUT2D eigenvalue weighted by Crippen LogP contribution is 2.09. The van der Waals surface area contributed by atoms with E-state index in [1.807, 2.05) is 6.07 Å². The SMILES string of the molecule is CCCCCCOc1ccc(C#N)nc1. The fourth-order valence-corrected chi connectivity index (χ4v) is 1.25. The Bertz CT molecular complexity index is 313. The summed E-state index contributed by atoms with van der Waals surface area (Å²) >= 11 is 0. The number of unbranched alkanes of at least 4 members (excludes halogenated alkanes) is 3. The van der Waals surface area contributed by atoms with E-state index in [9.17, 15) is 0 Å². The van der Waals surface area contributed by atoms with Gasteiger partial charge in [-0.1, -0.05) is 26.2 Å². The molecular formula is C12H16N2O. The lowest BCUT2D eigenvalue weighted by molar-refractivity contribution is 0.304. The van der Waals surface area contributed by atoms with Crippen molar-refractivity contribution in [2.75, 3.05) is 6.61 Å². The summed E-state index contributed by atoms with van der Waals surface area (Å²) in [6, 6.07) is 5.42. The molecule has 0 atom stereocenters. The van der Waals surface area contributed by atoms with Crippen molar-refractivity contribution in [3.05, 3.63) is 24.0 Å². The smallest absolute Gasteiger partial charge is 0.140 e. The lowest BCUT2D eigenvalue weighted by atomic mass is 10.2. The minimum Gasteiger partial charge on any atom is -0.492 e. The van der Waals surface area contributed by atoms with Crippen LogP contribution < -0.4 is 4.74 Å². The zero-order valence-corrected chi connectivity index (χ0v) is 9.07. The first-order valence-electron chi connectivity index (χ1n) is 5.35. The zero-order valence-electron chi connectivity index (χ0n) is 9.07. The van der Waals surface area contributed by atoms with Gasteiger partial charge < -0.3 is 4.74 Å². The maximum Gasteiger partial charge on any atom is 0.140 e. The Kier molecular flexibility index (Phi) is 5.24. The predicted octanol–water partition coefficient (Wildman–Crippen LogP) is 2.91. The third-order valence-electron chi connectivity index (χ3n) is 2.12. The lowest BCUT2D eigenvalue weighted by Crippen LogP contribution is -1.97. The minimum absolute atomic E-state index is 0.424. The van der Waals surface area contributed by atoms with E-state index in [2.05, 4.69) is 11.9 Å². The van der Waals surface area contributed by atoms with Crippen molar-refractivity contribution < 1.29 is 4.74 Å². The number of pyridine rings is 1. The van der Waals surface area contributed by atoms with Gasteiger partial charge in [0.05, 0.1) is 12.8 Å². The van der Waals surface area contributed by atoms with E-state index in [4.69, 9.17) is 10.00 Å². The second kappa shape index (κ2) is 6.83. The molecule has 0 amide bonds. The van der Waals surface area contributed by atoms with Crippen LogP contribution in [0.3, 0.4) is 0 Å². The van der Waals surface area contributed by atoms with Crippen LogP contribution in [0.2, 0.25) is 0 Å². The van der Waals surface area contributed by atoms with Gasteiger partial charge in [-0.05, 0) is 18.6 Å². The molecule has 1 rings (SSSR count). The molecule has 80 valence electrons. The summed E-state index contributed by atoms with van der Waals surface area (Å²) in [6.45, 7) is 2.92. The second-order valence-corrected chi connectivity index (χ2v) is 3.40. The molecule has 0 aliphatic heterocycles. The number of rotatable bonds is 6. The Morgan fingerprint density at radius 2 is 2.20 bits per heavy atom. The van der Waals surface area contributed by atoms with Gasteiger partial charge in [0.15, 0.2) is 0 Å². The molecule has 0 unspecified atom stereocenters. The molecule has 0 bridgehead atoms. The fraction of sp³-hybridized carbons (Fsp3) is 0.500. The predicted molar refractivity (Wildman–Crippen MR) is 58.6 cm³/mol. The van der Waals surface area contributed by atoms with Gasteiger partial charge in [-0.3, -0.25) is 0 Å². The van der Waals surface area contributed by atoms with Crippen molar-refractivity contribution in [1.82, 2.24) is 4.98 Å². The highest BCUT2D eigenvalue weighted by molar-refractivity contribution is 5.26. The fourth-order valence-electron chi connectivity index (χ4n) is 1.25. The first-order chi connectivity index (χ1) is 7.36. The van der Waals surface area contributed by atoms with Crippen LogP contribution in [0.1, 0.15) is 38.3 Å². The first-order valence-corrected chi connectivity index (χ1v) is 5.35. The normalized spacial score (nSPS) is 9.60. The van der Waals surface area contributed by atoms with Crippen LogP contribution in [0.4, 0.5) is 0 Å². The van der Waals surface area contributed by atoms with Crippen molar-refractivity contribution in [3.8, 4) is 11.8 Å².